The normalized spacial score (nSPS) is 14.7. The molecule has 3 atom stereocenters. The second-order valence-electron chi connectivity index (χ2n) is 12.9. The smallest absolute Gasteiger partial charge is 0.333 e. The van der Waals surface area contributed by atoms with Crippen LogP contribution in [-0.4, -0.2) is 48.4 Å². The summed E-state index contributed by atoms with van der Waals surface area (Å²) in [5.41, 5.74) is 1.52. The second-order valence-corrected chi connectivity index (χ2v) is 12.9. The Morgan fingerprint density at radius 1 is 0.927 bits per heavy atom. The van der Waals surface area contributed by atoms with Crippen LogP contribution < -0.4 is 5.32 Å². The van der Waals surface area contributed by atoms with E-state index < -0.39 is 28.8 Å². The summed E-state index contributed by atoms with van der Waals surface area (Å²) in [6.45, 7) is 17.8. The second kappa shape index (κ2) is 14.5. The lowest BCUT2D eigenvalue weighted by molar-refractivity contribution is -0.142. The topological polar surface area (TPSA) is 75.7 Å². The maximum atomic E-state index is 14.2. The summed E-state index contributed by atoms with van der Waals surface area (Å²) in [5.74, 6) is -1.15. The fraction of sp³-hybridized carbons (Fsp3) is 0.514. The maximum Gasteiger partial charge on any atom is 0.333 e. The third kappa shape index (κ3) is 9.04. The molecule has 224 valence electrons. The lowest BCUT2D eigenvalue weighted by atomic mass is 9.70. The molecule has 0 aliphatic heterocycles. The molecule has 2 rings (SSSR count). The highest BCUT2D eigenvalue weighted by Gasteiger charge is 2.42. The summed E-state index contributed by atoms with van der Waals surface area (Å²) in [5, 5.41) is 3.18. The van der Waals surface area contributed by atoms with E-state index in [0.29, 0.717) is 12.0 Å². The van der Waals surface area contributed by atoms with Crippen LogP contribution in [0.5, 0.6) is 0 Å². The maximum absolute atomic E-state index is 14.2. The molecule has 0 saturated carbocycles. The number of hydrogen-bond acceptors (Lipinski definition) is 4. The van der Waals surface area contributed by atoms with E-state index in [9.17, 15) is 14.4 Å². The standard InChI is InChI=1S/C35H50N2O4/c1-11-41-33(40)25(4)22-29(24(2)3)37(10)32(39)30(34(5,6)7)36-31(38)28(23-26-18-14-12-15-19-26)35(8,9)27-20-16-13-17-21-27/h12-22,24,28-30H,11,23H2,1-10H3,(H,36,38)/b25-22+/t28-,29-,30-/m1/s1. The van der Waals surface area contributed by atoms with Gasteiger partial charge in [0.15, 0.2) is 0 Å². The van der Waals surface area contributed by atoms with Crippen molar-refractivity contribution in [2.75, 3.05) is 13.7 Å². The van der Waals surface area contributed by atoms with E-state index in [0.717, 1.165) is 11.1 Å². The predicted octanol–water partition coefficient (Wildman–Crippen LogP) is 6.35. The Bertz CT molecular complexity index is 1180. The molecule has 0 heterocycles. The van der Waals surface area contributed by atoms with Crippen LogP contribution in [0.1, 0.15) is 73.4 Å². The van der Waals surface area contributed by atoms with Crippen LogP contribution >= 0.6 is 0 Å². The Labute approximate surface area is 247 Å². The molecule has 0 aliphatic rings. The van der Waals surface area contributed by atoms with E-state index in [-0.39, 0.29) is 30.4 Å². The molecule has 0 aromatic heterocycles. The lowest BCUT2D eigenvalue weighted by Crippen LogP contribution is -2.58. The average molecular weight is 563 g/mol. The predicted molar refractivity (Wildman–Crippen MR) is 166 cm³/mol. The Hall–Kier alpha value is -3.41. The van der Waals surface area contributed by atoms with E-state index in [1.54, 1.807) is 31.9 Å². The van der Waals surface area contributed by atoms with Crippen LogP contribution in [0.15, 0.2) is 72.3 Å². The minimum atomic E-state index is -0.776. The first-order valence-electron chi connectivity index (χ1n) is 14.6. The van der Waals surface area contributed by atoms with Gasteiger partial charge < -0.3 is 15.0 Å². The molecule has 2 amide bonds. The first kappa shape index (κ1) is 33.8. The van der Waals surface area contributed by atoms with Crippen molar-refractivity contribution in [3.8, 4) is 0 Å². The monoisotopic (exact) mass is 562 g/mol. The third-order valence-corrected chi connectivity index (χ3v) is 7.88. The van der Waals surface area contributed by atoms with Crippen LogP contribution in [0.4, 0.5) is 0 Å². The minimum absolute atomic E-state index is 0.0347. The van der Waals surface area contributed by atoms with Gasteiger partial charge in [-0.1, -0.05) is 115 Å². The van der Waals surface area contributed by atoms with Crippen molar-refractivity contribution in [3.05, 3.63) is 83.4 Å². The summed E-state index contributed by atoms with van der Waals surface area (Å²) in [6, 6.07) is 18.9. The highest BCUT2D eigenvalue weighted by molar-refractivity contribution is 5.91. The number of nitrogens with one attached hydrogen (secondary N) is 1. The number of likely N-dealkylation sites (N-methyl/N-ethyl adjacent to an activating group) is 1. The molecular weight excluding hydrogens is 512 g/mol. The van der Waals surface area contributed by atoms with E-state index >= 15 is 0 Å². The first-order valence-corrected chi connectivity index (χ1v) is 14.6. The number of rotatable bonds is 12. The van der Waals surface area contributed by atoms with Gasteiger partial charge in [0.1, 0.15) is 6.04 Å². The van der Waals surface area contributed by atoms with Gasteiger partial charge in [0.25, 0.3) is 0 Å². The fourth-order valence-corrected chi connectivity index (χ4v) is 5.16. The molecule has 6 nitrogen and oxygen atoms in total. The van der Waals surface area contributed by atoms with Crippen molar-refractivity contribution < 1.29 is 19.1 Å². The fourth-order valence-electron chi connectivity index (χ4n) is 5.16. The first-order chi connectivity index (χ1) is 19.1. The Kier molecular flexibility index (Phi) is 11.9. The van der Waals surface area contributed by atoms with Crippen molar-refractivity contribution in [1.29, 1.82) is 0 Å². The van der Waals surface area contributed by atoms with Crippen LogP contribution in [0.3, 0.4) is 0 Å². The Morgan fingerprint density at radius 2 is 1.46 bits per heavy atom. The van der Waals surface area contributed by atoms with Crippen molar-refractivity contribution in [1.82, 2.24) is 10.2 Å². The van der Waals surface area contributed by atoms with Crippen LogP contribution in [0.2, 0.25) is 0 Å². The number of amides is 2. The molecule has 41 heavy (non-hydrogen) atoms. The molecular formula is C35H50N2O4. The van der Waals surface area contributed by atoms with E-state index in [2.05, 4.69) is 31.3 Å². The molecule has 0 bridgehead atoms. The van der Waals surface area contributed by atoms with Gasteiger partial charge in [-0.2, -0.15) is 0 Å². The molecule has 0 spiro atoms. The quantitative estimate of drug-likeness (QED) is 0.242. The van der Waals surface area contributed by atoms with Crippen molar-refractivity contribution in [3.63, 3.8) is 0 Å². The molecule has 0 aliphatic carbocycles. The van der Waals surface area contributed by atoms with Crippen LogP contribution in [0, 0.1) is 17.3 Å². The van der Waals surface area contributed by atoms with E-state index in [1.165, 1.54) is 0 Å². The van der Waals surface area contributed by atoms with Gasteiger partial charge in [-0.25, -0.2) is 4.79 Å². The molecule has 2 aromatic rings. The number of esters is 1. The molecule has 1 N–H and O–H groups in total. The number of nitrogens with zero attached hydrogens (tertiary/aromatic N) is 1. The molecule has 6 heteroatoms. The van der Waals surface area contributed by atoms with Crippen molar-refractivity contribution in [2.45, 2.75) is 86.2 Å². The Balaban J connectivity index is 2.46. The largest absolute Gasteiger partial charge is 0.463 e. The van der Waals surface area contributed by atoms with Gasteiger partial charge in [-0.15, -0.1) is 0 Å². The summed E-state index contributed by atoms with van der Waals surface area (Å²) < 4.78 is 5.15. The zero-order chi connectivity index (χ0) is 31.0. The number of carbonyl (C=O) groups is 3. The van der Waals surface area contributed by atoms with Gasteiger partial charge in [-0.05, 0) is 42.7 Å². The molecule has 0 fully saturated rings. The zero-order valence-electron chi connectivity index (χ0n) is 26.7. The van der Waals surface area contributed by atoms with Gasteiger partial charge in [0.2, 0.25) is 11.8 Å². The van der Waals surface area contributed by atoms with Crippen LogP contribution in [-0.2, 0) is 31.0 Å². The minimum Gasteiger partial charge on any atom is -0.463 e. The van der Waals surface area contributed by atoms with Gasteiger partial charge in [0, 0.05) is 18.0 Å². The summed E-state index contributed by atoms with van der Waals surface area (Å²) in [4.78, 5) is 42.3. The van der Waals surface area contributed by atoms with Gasteiger partial charge >= 0.3 is 5.97 Å². The number of ether oxygens (including phenoxy) is 1. The number of carbonyl (C=O) groups excluding carboxylic acids is 3. The van der Waals surface area contributed by atoms with E-state index in [4.69, 9.17) is 4.74 Å². The molecule has 0 saturated heterocycles. The van der Waals surface area contributed by atoms with Gasteiger partial charge in [-0.3, -0.25) is 9.59 Å². The zero-order valence-corrected chi connectivity index (χ0v) is 26.7. The van der Waals surface area contributed by atoms with Gasteiger partial charge in [0.05, 0.1) is 18.6 Å². The average Bonchev–Trinajstić information content (AvgIpc) is 2.92. The number of hydrogen-bond donors (Lipinski definition) is 1. The SMILES string of the molecule is CCOC(=O)/C(C)=C/[C@H](C(C)C)N(C)C(=O)[C@@H](NC(=O)[C@@H](Cc1ccccc1)C(C)(C)c1ccccc1)C(C)(C)C. The number of benzene rings is 2. The lowest BCUT2D eigenvalue weighted by Gasteiger charge is -2.40. The van der Waals surface area contributed by atoms with E-state index in [1.807, 2.05) is 83.1 Å². The van der Waals surface area contributed by atoms with Crippen LogP contribution in [0.25, 0.3) is 0 Å². The van der Waals surface area contributed by atoms with Crippen molar-refractivity contribution >= 4 is 17.8 Å². The highest BCUT2D eigenvalue weighted by Crippen LogP contribution is 2.35. The molecule has 0 unspecified atom stereocenters. The summed E-state index contributed by atoms with van der Waals surface area (Å²) in [6.07, 6.45) is 2.32. The molecule has 2 aromatic carbocycles. The summed E-state index contributed by atoms with van der Waals surface area (Å²) >= 11 is 0. The Morgan fingerprint density at radius 3 is 1.95 bits per heavy atom. The molecule has 0 radical (unpaired) electrons. The van der Waals surface area contributed by atoms with Crippen molar-refractivity contribution in [2.24, 2.45) is 17.3 Å². The highest BCUT2D eigenvalue weighted by atomic mass is 16.5. The summed E-state index contributed by atoms with van der Waals surface area (Å²) in [7, 11) is 1.74. The third-order valence-electron chi connectivity index (χ3n) is 7.88.